The number of amides is 1. The Hall–Kier alpha value is -0.540. The maximum atomic E-state index is 12.0. The third-order valence-corrected chi connectivity index (χ3v) is 4.36. The van der Waals surface area contributed by atoms with Crippen LogP contribution >= 0.6 is 27.5 Å². The largest absolute Gasteiger partial charge is 0.352 e. The molecule has 2 unspecified atom stereocenters. The van der Waals surface area contributed by atoms with Crippen LogP contribution in [0.4, 0.5) is 0 Å². The molecule has 18 heavy (non-hydrogen) atoms. The van der Waals surface area contributed by atoms with Crippen molar-refractivity contribution in [2.45, 2.75) is 26.2 Å². The number of carbonyl (C=O) groups is 1. The molecule has 2 nitrogen and oxygen atoms in total. The number of halogens is 2. The van der Waals surface area contributed by atoms with E-state index in [0.29, 0.717) is 16.5 Å². The zero-order valence-electron chi connectivity index (χ0n) is 10.4. The first kappa shape index (κ1) is 13.9. The molecule has 0 bridgehead atoms. The first-order valence-corrected chi connectivity index (χ1v) is 7.47. The van der Waals surface area contributed by atoms with E-state index >= 15 is 0 Å². The summed E-state index contributed by atoms with van der Waals surface area (Å²) >= 11 is 9.28. The van der Waals surface area contributed by atoms with Crippen molar-refractivity contribution in [1.82, 2.24) is 5.32 Å². The van der Waals surface area contributed by atoms with E-state index in [2.05, 4.69) is 28.2 Å². The number of hydrogen-bond donors (Lipinski definition) is 1. The van der Waals surface area contributed by atoms with Gasteiger partial charge in [0.05, 0.1) is 0 Å². The van der Waals surface area contributed by atoms with Gasteiger partial charge in [0.1, 0.15) is 0 Å². The van der Waals surface area contributed by atoms with Crippen molar-refractivity contribution in [2.75, 3.05) is 6.54 Å². The minimum Gasteiger partial charge on any atom is -0.352 e. The second kappa shape index (κ2) is 6.07. The lowest BCUT2D eigenvalue weighted by Gasteiger charge is -2.16. The molecule has 4 heteroatoms. The molecule has 1 N–H and O–H groups in total. The summed E-state index contributed by atoms with van der Waals surface area (Å²) in [5.41, 5.74) is 0.611. The van der Waals surface area contributed by atoms with E-state index in [1.54, 1.807) is 18.2 Å². The van der Waals surface area contributed by atoms with E-state index in [0.717, 1.165) is 16.9 Å². The molecule has 0 spiro atoms. The van der Waals surface area contributed by atoms with Crippen molar-refractivity contribution in [1.29, 1.82) is 0 Å². The molecule has 1 saturated carbocycles. The summed E-state index contributed by atoms with van der Waals surface area (Å²) < 4.78 is 0.828. The van der Waals surface area contributed by atoms with Crippen LogP contribution in [0, 0.1) is 11.8 Å². The fourth-order valence-electron chi connectivity index (χ4n) is 2.54. The van der Waals surface area contributed by atoms with Gasteiger partial charge in [-0.3, -0.25) is 4.79 Å². The van der Waals surface area contributed by atoms with E-state index in [9.17, 15) is 4.79 Å². The van der Waals surface area contributed by atoms with Crippen molar-refractivity contribution in [3.8, 4) is 0 Å². The maximum absolute atomic E-state index is 12.0. The summed E-state index contributed by atoms with van der Waals surface area (Å²) in [6.45, 7) is 3.03. The van der Waals surface area contributed by atoms with E-state index < -0.39 is 0 Å². The maximum Gasteiger partial charge on any atom is 0.251 e. The third kappa shape index (κ3) is 3.48. The van der Waals surface area contributed by atoms with Crippen molar-refractivity contribution < 1.29 is 4.79 Å². The quantitative estimate of drug-likeness (QED) is 0.881. The second-order valence-electron chi connectivity index (χ2n) is 5.04. The van der Waals surface area contributed by atoms with Crippen LogP contribution in [-0.4, -0.2) is 12.5 Å². The van der Waals surface area contributed by atoms with Crippen LogP contribution in [0.2, 0.25) is 5.02 Å². The highest BCUT2D eigenvalue weighted by atomic mass is 79.9. The lowest BCUT2D eigenvalue weighted by molar-refractivity contribution is 0.0944. The topological polar surface area (TPSA) is 29.1 Å². The molecule has 1 aromatic carbocycles. The van der Waals surface area contributed by atoms with Gasteiger partial charge in [0.25, 0.3) is 5.91 Å². The van der Waals surface area contributed by atoms with Crippen LogP contribution < -0.4 is 5.32 Å². The zero-order valence-corrected chi connectivity index (χ0v) is 12.7. The molecule has 2 rings (SSSR count). The van der Waals surface area contributed by atoms with Gasteiger partial charge in [-0.1, -0.05) is 47.3 Å². The third-order valence-electron chi connectivity index (χ3n) is 3.69. The van der Waals surface area contributed by atoms with Crippen molar-refractivity contribution in [2.24, 2.45) is 11.8 Å². The van der Waals surface area contributed by atoms with Gasteiger partial charge >= 0.3 is 0 Å². The van der Waals surface area contributed by atoms with Crippen LogP contribution in [0.5, 0.6) is 0 Å². The Kier molecular flexibility index (Phi) is 4.68. The highest BCUT2D eigenvalue weighted by Gasteiger charge is 2.23. The van der Waals surface area contributed by atoms with Gasteiger partial charge in [-0.25, -0.2) is 0 Å². The fraction of sp³-hybridized carbons (Fsp3) is 0.500. The second-order valence-corrected chi connectivity index (χ2v) is 6.39. The molecule has 0 aromatic heterocycles. The first-order chi connectivity index (χ1) is 8.56. The van der Waals surface area contributed by atoms with Gasteiger partial charge < -0.3 is 5.32 Å². The minimum absolute atomic E-state index is 0.0442. The average Bonchev–Trinajstić information content (AvgIpc) is 2.70. The van der Waals surface area contributed by atoms with Crippen molar-refractivity contribution in [3.63, 3.8) is 0 Å². The Labute approximate surface area is 121 Å². The van der Waals surface area contributed by atoms with E-state index in [-0.39, 0.29) is 5.91 Å². The number of carbonyl (C=O) groups excluding carboxylic acids is 1. The summed E-state index contributed by atoms with van der Waals surface area (Å²) in [6.07, 6.45) is 3.79. The molecule has 0 radical (unpaired) electrons. The summed E-state index contributed by atoms with van der Waals surface area (Å²) in [4.78, 5) is 12.0. The van der Waals surface area contributed by atoms with Crippen LogP contribution in [0.25, 0.3) is 0 Å². The highest BCUT2D eigenvalue weighted by Crippen LogP contribution is 2.30. The molecule has 0 heterocycles. The SMILES string of the molecule is CC1CCCC1CNC(=O)c1cc(Cl)cc(Br)c1. The summed E-state index contributed by atoms with van der Waals surface area (Å²) in [5, 5.41) is 3.58. The molecule has 1 aliphatic rings. The number of nitrogens with one attached hydrogen (secondary N) is 1. The van der Waals surface area contributed by atoms with Crippen molar-refractivity contribution >= 4 is 33.4 Å². The molecule has 0 saturated heterocycles. The monoisotopic (exact) mass is 329 g/mol. The molecule has 0 aliphatic heterocycles. The van der Waals surface area contributed by atoms with Crippen LogP contribution in [0.15, 0.2) is 22.7 Å². The van der Waals surface area contributed by atoms with E-state index in [4.69, 9.17) is 11.6 Å². The predicted molar refractivity (Wildman–Crippen MR) is 78.0 cm³/mol. The highest BCUT2D eigenvalue weighted by molar-refractivity contribution is 9.10. The fourth-order valence-corrected chi connectivity index (χ4v) is 3.40. The van der Waals surface area contributed by atoms with Gasteiger partial charge in [0.2, 0.25) is 0 Å². The predicted octanol–water partition coefficient (Wildman–Crippen LogP) is 4.27. The summed E-state index contributed by atoms with van der Waals surface area (Å²) in [7, 11) is 0. The lowest BCUT2D eigenvalue weighted by Crippen LogP contribution is -2.30. The molecular formula is C14H17BrClNO. The molecule has 1 aromatic rings. The molecule has 1 amide bonds. The van der Waals surface area contributed by atoms with Gasteiger partial charge in [-0.2, -0.15) is 0 Å². The van der Waals surface area contributed by atoms with E-state index in [1.807, 2.05) is 0 Å². The normalized spacial score (nSPS) is 23.1. The van der Waals surface area contributed by atoms with Gasteiger partial charge in [-0.15, -0.1) is 0 Å². The molecule has 2 atom stereocenters. The number of hydrogen-bond acceptors (Lipinski definition) is 1. The van der Waals surface area contributed by atoms with Gasteiger partial charge in [0, 0.05) is 21.6 Å². The molecule has 98 valence electrons. The Morgan fingerprint density at radius 1 is 1.44 bits per heavy atom. The van der Waals surface area contributed by atoms with Gasteiger partial charge in [0.15, 0.2) is 0 Å². The van der Waals surface area contributed by atoms with Crippen LogP contribution in [0.1, 0.15) is 36.5 Å². The molecule has 1 fully saturated rings. The first-order valence-electron chi connectivity index (χ1n) is 6.30. The number of benzene rings is 1. The van der Waals surface area contributed by atoms with Crippen LogP contribution in [0.3, 0.4) is 0 Å². The minimum atomic E-state index is -0.0442. The lowest BCUT2D eigenvalue weighted by atomic mass is 9.98. The average molecular weight is 331 g/mol. The van der Waals surface area contributed by atoms with Crippen molar-refractivity contribution in [3.05, 3.63) is 33.3 Å². The Balaban J connectivity index is 1.95. The van der Waals surface area contributed by atoms with Crippen LogP contribution in [-0.2, 0) is 0 Å². The molecular weight excluding hydrogens is 314 g/mol. The smallest absolute Gasteiger partial charge is 0.251 e. The Bertz CT molecular complexity index is 429. The Morgan fingerprint density at radius 2 is 2.22 bits per heavy atom. The van der Waals surface area contributed by atoms with Gasteiger partial charge in [-0.05, 0) is 36.5 Å². The molecule has 1 aliphatic carbocycles. The summed E-state index contributed by atoms with van der Waals surface area (Å²) in [6, 6.07) is 5.26. The summed E-state index contributed by atoms with van der Waals surface area (Å²) in [5.74, 6) is 1.30. The zero-order chi connectivity index (χ0) is 13.1. The van der Waals surface area contributed by atoms with E-state index in [1.165, 1.54) is 19.3 Å². The standard InChI is InChI=1S/C14H17BrClNO/c1-9-3-2-4-10(9)8-17-14(18)11-5-12(15)7-13(16)6-11/h5-7,9-10H,2-4,8H2,1H3,(H,17,18). The number of rotatable bonds is 3. The Morgan fingerprint density at radius 3 is 2.83 bits per heavy atom.